The van der Waals surface area contributed by atoms with E-state index in [0.717, 1.165) is 53.9 Å². The molecule has 0 amide bonds. The number of aromatic hydroxyl groups is 1. The Morgan fingerprint density at radius 3 is 1.67 bits per heavy atom. The highest BCUT2D eigenvalue weighted by atomic mass is 16.7. The quantitative estimate of drug-likeness (QED) is 0.125. The van der Waals surface area contributed by atoms with Crippen molar-refractivity contribution in [1.29, 1.82) is 0 Å². The third-order valence-electron chi connectivity index (χ3n) is 9.46. The van der Waals surface area contributed by atoms with Gasteiger partial charge in [0.2, 0.25) is 0 Å². The van der Waals surface area contributed by atoms with Gasteiger partial charge >= 0.3 is 6.16 Å². The Balaban J connectivity index is 0.00000162. The lowest BCUT2D eigenvalue weighted by molar-refractivity contribution is 0.0785. The summed E-state index contributed by atoms with van der Waals surface area (Å²) in [6, 6.07) is 36.7. The Morgan fingerprint density at radius 2 is 1.18 bits per heavy atom. The number of aliphatic hydroxyl groups is 1. The molecule has 0 aliphatic heterocycles. The molecule has 6 nitrogen and oxygen atoms in total. The molecule has 0 radical (unpaired) electrons. The van der Waals surface area contributed by atoms with E-state index in [2.05, 4.69) is 75.1 Å². The highest BCUT2D eigenvalue weighted by Crippen LogP contribution is 2.46. The van der Waals surface area contributed by atoms with Crippen molar-refractivity contribution in [2.45, 2.75) is 91.1 Å². The summed E-state index contributed by atoms with van der Waals surface area (Å²) in [5.74, 6) is 0.974. The van der Waals surface area contributed by atoms with Crippen molar-refractivity contribution in [3.8, 4) is 17.2 Å². The van der Waals surface area contributed by atoms with Crippen molar-refractivity contribution in [3.63, 3.8) is 0 Å². The Morgan fingerprint density at radius 1 is 0.706 bits per heavy atom. The fourth-order valence-electron chi connectivity index (χ4n) is 6.90. The fourth-order valence-corrected chi connectivity index (χ4v) is 6.90. The monoisotopic (exact) mass is 685 g/mol. The number of aryl methyl sites for hydroxylation is 2. The van der Waals surface area contributed by atoms with Crippen LogP contribution in [0.4, 0.5) is 21.9 Å². The first-order chi connectivity index (χ1) is 24.4. The van der Waals surface area contributed by atoms with Crippen LogP contribution in [0.3, 0.4) is 0 Å². The van der Waals surface area contributed by atoms with E-state index < -0.39 is 11.8 Å². The molecule has 5 aromatic rings. The molecular formula is C45H51NO5. The number of carbonyl (C=O) groups excluding carboxylic acids is 1. The van der Waals surface area contributed by atoms with Crippen molar-refractivity contribution in [2.24, 2.45) is 0 Å². The molecule has 1 saturated carbocycles. The smallest absolute Gasteiger partial charge is 0.508 e. The van der Waals surface area contributed by atoms with Crippen LogP contribution in [-0.4, -0.2) is 16.4 Å². The average molecular weight is 686 g/mol. The van der Waals surface area contributed by atoms with Crippen LogP contribution in [0.5, 0.6) is 17.2 Å². The molecule has 1 fully saturated rings. The molecule has 0 saturated heterocycles. The molecule has 266 valence electrons. The normalized spacial score (nSPS) is 13.8. The third-order valence-corrected chi connectivity index (χ3v) is 9.46. The van der Waals surface area contributed by atoms with Gasteiger partial charge in [0.25, 0.3) is 0 Å². The maximum atomic E-state index is 12.8. The number of hydrogen-bond donors (Lipinski definition) is 2. The molecule has 0 bridgehead atoms. The lowest BCUT2D eigenvalue weighted by Gasteiger charge is -2.39. The van der Waals surface area contributed by atoms with Gasteiger partial charge in [-0.25, -0.2) is 4.79 Å². The van der Waals surface area contributed by atoms with E-state index in [-0.39, 0.29) is 11.2 Å². The summed E-state index contributed by atoms with van der Waals surface area (Å²) >= 11 is 0. The van der Waals surface area contributed by atoms with Crippen molar-refractivity contribution in [1.82, 2.24) is 0 Å². The Bertz CT molecular complexity index is 1870. The largest absolute Gasteiger partial charge is 0.519 e. The van der Waals surface area contributed by atoms with Crippen LogP contribution in [0.15, 0.2) is 115 Å². The predicted molar refractivity (Wildman–Crippen MR) is 207 cm³/mol. The minimum atomic E-state index is -0.886. The number of benzene rings is 5. The lowest BCUT2D eigenvalue weighted by atomic mass is 9.65. The summed E-state index contributed by atoms with van der Waals surface area (Å²) in [4.78, 5) is 14.9. The molecule has 0 unspecified atom stereocenters. The maximum Gasteiger partial charge on any atom is 0.519 e. The summed E-state index contributed by atoms with van der Waals surface area (Å²) in [6.07, 6.45) is 6.04. The molecule has 0 atom stereocenters. The van der Waals surface area contributed by atoms with E-state index >= 15 is 0 Å². The van der Waals surface area contributed by atoms with Crippen LogP contribution in [0.25, 0.3) is 0 Å². The number of hydrogen-bond acceptors (Lipinski definition) is 6. The molecular weight excluding hydrogens is 634 g/mol. The van der Waals surface area contributed by atoms with Crippen molar-refractivity contribution in [3.05, 3.63) is 143 Å². The standard InChI is InChI=1S/C42H43NO5.C3H8/c1-29-8-25-39(30(2)28-29)43(34-15-19-36(44)20-16-34)35-17-23-38(24-18-35)48-40(45)47-37-21-13-33(14-22-37)42(26-6-5-7-27-42)32-11-9-31(10-12-32)41(3,4)46;1-3-2/h8-25,28,44,46H,5-7,26-27H2,1-4H3;3H2,1-2H3. The molecule has 51 heavy (non-hydrogen) atoms. The Labute approximate surface area is 303 Å². The number of nitrogens with zero attached hydrogens (tertiary/aromatic N) is 1. The van der Waals surface area contributed by atoms with Gasteiger partial charge in [0.1, 0.15) is 17.2 Å². The molecule has 2 N–H and O–H groups in total. The first-order valence-electron chi connectivity index (χ1n) is 18.0. The van der Waals surface area contributed by atoms with Gasteiger partial charge in [-0.3, -0.25) is 0 Å². The van der Waals surface area contributed by atoms with Gasteiger partial charge in [-0.1, -0.05) is 93.6 Å². The summed E-state index contributed by atoms with van der Waals surface area (Å²) in [7, 11) is 0. The summed E-state index contributed by atoms with van der Waals surface area (Å²) < 4.78 is 11.1. The predicted octanol–water partition coefficient (Wildman–Crippen LogP) is 12.0. The van der Waals surface area contributed by atoms with Gasteiger partial charge in [-0.15, -0.1) is 0 Å². The highest BCUT2D eigenvalue weighted by Gasteiger charge is 2.36. The fraction of sp³-hybridized carbons (Fsp3) is 0.311. The molecule has 1 aliphatic rings. The first kappa shape index (κ1) is 37.2. The lowest BCUT2D eigenvalue weighted by Crippen LogP contribution is -2.30. The van der Waals surface area contributed by atoms with Crippen LogP contribution < -0.4 is 14.4 Å². The van der Waals surface area contributed by atoms with Crippen molar-refractivity contribution < 1.29 is 24.5 Å². The molecule has 0 spiro atoms. The minimum Gasteiger partial charge on any atom is -0.508 e. The molecule has 5 aromatic carbocycles. The second-order valence-corrected chi connectivity index (χ2v) is 14.1. The third kappa shape index (κ3) is 9.00. The number of rotatable bonds is 8. The highest BCUT2D eigenvalue weighted by molar-refractivity contribution is 5.79. The van der Waals surface area contributed by atoms with Gasteiger partial charge in [0.15, 0.2) is 0 Å². The number of phenols is 1. The Hall–Kier alpha value is -5.07. The SMILES string of the molecule is CCC.Cc1ccc(N(c2ccc(O)cc2)c2ccc(OC(=O)Oc3ccc(C4(c5ccc(C(C)(C)O)cc5)CCCCC4)cc3)cc2)c(C)c1. The molecule has 0 heterocycles. The average Bonchev–Trinajstić information content (AvgIpc) is 3.11. The van der Waals surface area contributed by atoms with Crippen LogP contribution >= 0.6 is 0 Å². The van der Waals surface area contributed by atoms with Gasteiger partial charge in [-0.2, -0.15) is 0 Å². The van der Waals surface area contributed by atoms with E-state index in [1.807, 2.05) is 48.5 Å². The van der Waals surface area contributed by atoms with Crippen LogP contribution in [-0.2, 0) is 11.0 Å². The molecule has 1 aliphatic carbocycles. The number of phenolic OH excluding ortho intramolecular Hbond substituents is 1. The van der Waals surface area contributed by atoms with Crippen LogP contribution in [0.1, 0.15) is 94.0 Å². The summed E-state index contributed by atoms with van der Waals surface area (Å²) in [5, 5.41) is 20.3. The number of carbonyl (C=O) groups is 1. The van der Waals surface area contributed by atoms with E-state index in [9.17, 15) is 15.0 Å². The zero-order valence-corrected chi connectivity index (χ0v) is 30.8. The zero-order chi connectivity index (χ0) is 36.6. The van der Waals surface area contributed by atoms with Gasteiger partial charge in [0, 0.05) is 22.5 Å². The minimum absolute atomic E-state index is 0.123. The molecule has 6 rings (SSSR count). The topological polar surface area (TPSA) is 79.2 Å². The second kappa shape index (κ2) is 16.3. The number of ether oxygens (including phenoxy) is 2. The maximum absolute atomic E-state index is 12.8. The molecule has 0 aromatic heterocycles. The van der Waals surface area contributed by atoms with E-state index in [1.165, 1.54) is 29.5 Å². The van der Waals surface area contributed by atoms with E-state index in [4.69, 9.17) is 9.47 Å². The van der Waals surface area contributed by atoms with E-state index in [1.54, 1.807) is 38.1 Å². The first-order valence-corrected chi connectivity index (χ1v) is 18.0. The molecule has 6 heteroatoms. The summed E-state index contributed by atoms with van der Waals surface area (Å²) in [5.41, 5.74) is 7.36. The van der Waals surface area contributed by atoms with Crippen LogP contribution in [0, 0.1) is 13.8 Å². The van der Waals surface area contributed by atoms with E-state index in [0.29, 0.717) is 11.5 Å². The van der Waals surface area contributed by atoms with Crippen molar-refractivity contribution in [2.75, 3.05) is 4.90 Å². The number of anilines is 3. The van der Waals surface area contributed by atoms with Gasteiger partial charge in [-0.05, 0) is 130 Å². The van der Waals surface area contributed by atoms with Gasteiger partial charge < -0.3 is 24.6 Å². The summed E-state index contributed by atoms with van der Waals surface area (Å²) in [6.45, 7) is 12.0. The van der Waals surface area contributed by atoms with Crippen molar-refractivity contribution >= 4 is 23.2 Å². The van der Waals surface area contributed by atoms with Crippen LogP contribution in [0.2, 0.25) is 0 Å². The van der Waals surface area contributed by atoms with Gasteiger partial charge in [0.05, 0.1) is 5.60 Å². The Kier molecular flexibility index (Phi) is 11.9. The zero-order valence-electron chi connectivity index (χ0n) is 30.8. The second-order valence-electron chi connectivity index (χ2n) is 14.1.